The first-order valence-corrected chi connectivity index (χ1v) is 7.77. The third kappa shape index (κ3) is 15.7. The Hall–Kier alpha value is -0.300. The number of hydrogen-bond acceptors (Lipinski definition) is 1. The number of hydrogen-bond donors (Lipinski definition) is 1. The van der Waals surface area contributed by atoms with E-state index in [1.54, 1.807) is 0 Å². The molecule has 0 atom stereocenters. The van der Waals surface area contributed by atoms with Gasteiger partial charge in [-0.2, -0.15) is 0 Å². The summed E-state index contributed by atoms with van der Waals surface area (Å²) in [6.45, 7) is 6.93. The summed E-state index contributed by atoms with van der Waals surface area (Å²) in [6.07, 6.45) is 18.0. The van der Waals surface area contributed by atoms with Crippen molar-refractivity contribution in [1.82, 2.24) is 5.32 Å². The Bertz CT molecular complexity index is 152. The second-order valence-electron chi connectivity index (χ2n) is 4.92. The molecule has 0 saturated carbocycles. The molecule has 1 heteroatoms. The summed E-state index contributed by atoms with van der Waals surface area (Å²) in [5.41, 5.74) is 0. The monoisotopic (exact) mass is 239 g/mol. The van der Waals surface area contributed by atoms with Crippen molar-refractivity contribution in [3.63, 3.8) is 0 Å². The zero-order valence-electron chi connectivity index (χ0n) is 12.1. The van der Waals surface area contributed by atoms with Gasteiger partial charge in [0.25, 0.3) is 0 Å². The van der Waals surface area contributed by atoms with Crippen LogP contribution in [-0.2, 0) is 0 Å². The average molecular weight is 239 g/mol. The summed E-state index contributed by atoms with van der Waals surface area (Å²) in [5.74, 6) is 0. The van der Waals surface area contributed by atoms with Gasteiger partial charge in [-0.15, -0.1) is 0 Å². The van der Waals surface area contributed by atoms with Crippen LogP contribution in [0.1, 0.15) is 78.1 Å². The lowest BCUT2D eigenvalue weighted by atomic mass is 10.1. The smallest absolute Gasteiger partial charge is 0.00489 e. The molecular formula is C16H33N. The van der Waals surface area contributed by atoms with Gasteiger partial charge in [-0.05, 0) is 45.2 Å². The topological polar surface area (TPSA) is 12.0 Å². The molecule has 0 aromatic rings. The predicted molar refractivity (Wildman–Crippen MR) is 79.5 cm³/mol. The van der Waals surface area contributed by atoms with Gasteiger partial charge in [0.2, 0.25) is 0 Å². The third-order valence-electron chi connectivity index (χ3n) is 3.07. The highest BCUT2D eigenvalue weighted by molar-refractivity contribution is 4.81. The molecule has 0 aliphatic carbocycles. The molecule has 0 unspecified atom stereocenters. The lowest BCUT2D eigenvalue weighted by Gasteiger charge is -2.03. The van der Waals surface area contributed by atoms with E-state index >= 15 is 0 Å². The van der Waals surface area contributed by atoms with E-state index in [2.05, 4.69) is 31.3 Å². The number of rotatable bonds is 13. The summed E-state index contributed by atoms with van der Waals surface area (Å²) >= 11 is 0. The highest BCUT2D eigenvalue weighted by Gasteiger charge is 1.89. The molecule has 1 nitrogen and oxygen atoms in total. The molecule has 1 N–H and O–H groups in total. The van der Waals surface area contributed by atoms with Crippen LogP contribution in [0, 0.1) is 0 Å². The van der Waals surface area contributed by atoms with Crippen molar-refractivity contribution in [2.24, 2.45) is 0 Å². The summed E-state index contributed by atoms with van der Waals surface area (Å²) in [5, 5.41) is 3.52. The predicted octanol–water partition coefficient (Wildman–Crippen LogP) is 5.07. The van der Waals surface area contributed by atoms with Crippen molar-refractivity contribution in [2.75, 3.05) is 13.1 Å². The first-order valence-electron chi connectivity index (χ1n) is 7.77. The van der Waals surface area contributed by atoms with Gasteiger partial charge in [0.15, 0.2) is 0 Å². The summed E-state index contributed by atoms with van der Waals surface area (Å²) in [6, 6.07) is 0. The van der Waals surface area contributed by atoms with Gasteiger partial charge >= 0.3 is 0 Å². The van der Waals surface area contributed by atoms with Gasteiger partial charge in [-0.3, -0.25) is 0 Å². The van der Waals surface area contributed by atoms with Crippen LogP contribution in [0.15, 0.2) is 12.2 Å². The molecule has 0 rings (SSSR count). The van der Waals surface area contributed by atoms with E-state index in [1.807, 2.05) is 0 Å². The quantitative estimate of drug-likeness (QED) is 0.349. The van der Waals surface area contributed by atoms with E-state index in [-0.39, 0.29) is 0 Å². The SMILES string of the molecule is CCCCC=CCCCCCNCCCCC. The summed E-state index contributed by atoms with van der Waals surface area (Å²) in [4.78, 5) is 0. The van der Waals surface area contributed by atoms with Crippen LogP contribution in [0.5, 0.6) is 0 Å². The fraction of sp³-hybridized carbons (Fsp3) is 0.875. The van der Waals surface area contributed by atoms with Gasteiger partial charge < -0.3 is 5.32 Å². The normalized spacial score (nSPS) is 11.4. The van der Waals surface area contributed by atoms with Gasteiger partial charge in [0.1, 0.15) is 0 Å². The average Bonchev–Trinajstić information content (AvgIpc) is 2.35. The molecule has 0 aliphatic heterocycles. The van der Waals surface area contributed by atoms with Crippen LogP contribution in [-0.4, -0.2) is 13.1 Å². The molecule has 0 heterocycles. The maximum absolute atomic E-state index is 3.52. The molecule has 0 saturated heterocycles. The van der Waals surface area contributed by atoms with Crippen LogP contribution in [0.4, 0.5) is 0 Å². The molecule has 0 amide bonds. The molecule has 0 aliphatic rings. The zero-order valence-corrected chi connectivity index (χ0v) is 12.1. The maximum atomic E-state index is 3.52. The Morgan fingerprint density at radius 3 is 1.88 bits per heavy atom. The second kappa shape index (κ2) is 15.7. The fourth-order valence-corrected chi connectivity index (χ4v) is 1.87. The van der Waals surface area contributed by atoms with Crippen LogP contribution in [0.2, 0.25) is 0 Å². The fourth-order valence-electron chi connectivity index (χ4n) is 1.87. The minimum absolute atomic E-state index is 1.21. The lowest BCUT2D eigenvalue weighted by Crippen LogP contribution is -2.16. The second-order valence-corrected chi connectivity index (χ2v) is 4.92. The zero-order chi connectivity index (χ0) is 12.6. The van der Waals surface area contributed by atoms with Crippen molar-refractivity contribution >= 4 is 0 Å². The molecular weight excluding hydrogens is 206 g/mol. The van der Waals surface area contributed by atoms with Gasteiger partial charge in [-0.1, -0.05) is 58.1 Å². The Kier molecular flexibility index (Phi) is 15.4. The number of unbranched alkanes of at least 4 members (excludes halogenated alkanes) is 7. The first-order chi connectivity index (χ1) is 8.41. The van der Waals surface area contributed by atoms with Crippen molar-refractivity contribution in [3.8, 4) is 0 Å². The third-order valence-corrected chi connectivity index (χ3v) is 3.07. The van der Waals surface area contributed by atoms with Gasteiger partial charge in [0, 0.05) is 0 Å². The summed E-state index contributed by atoms with van der Waals surface area (Å²) < 4.78 is 0. The Morgan fingerprint density at radius 1 is 0.647 bits per heavy atom. The number of nitrogens with one attached hydrogen (secondary N) is 1. The van der Waals surface area contributed by atoms with Crippen LogP contribution in [0.25, 0.3) is 0 Å². The van der Waals surface area contributed by atoms with Crippen molar-refractivity contribution in [3.05, 3.63) is 12.2 Å². The number of allylic oxidation sites excluding steroid dienone is 2. The highest BCUT2D eigenvalue weighted by Crippen LogP contribution is 2.02. The first kappa shape index (κ1) is 16.7. The van der Waals surface area contributed by atoms with E-state index in [4.69, 9.17) is 0 Å². The minimum atomic E-state index is 1.21. The molecule has 17 heavy (non-hydrogen) atoms. The molecule has 0 fully saturated rings. The molecule has 0 radical (unpaired) electrons. The van der Waals surface area contributed by atoms with Crippen LogP contribution in [0.3, 0.4) is 0 Å². The van der Waals surface area contributed by atoms with E-state index in [0.29, 0.717) is 0 Å². The minimum Gasteiger partial charge on any atom is -0.317 e. The highest BCUT2D eigenvalue weighted by atomic mass is 14.8. The van der Waals surface area contributed by atoms with Gasteiger partial charge in [0.05, 0.1) is 0 Å². The largest absolute Gasteiger partial charge is 0.317 e. The summed E-state index contributed by atoms with van der Waals surface area (Å²) in [7, 11) is 0. The van der Waals surface area contributed by atoms with Crippen molar-refractivity contribution in [2.45, 2.75) is 78.1 Å². The Morgan fingerprint density at radius 2 is 1.24 bits per heavy atom. The Balaban J connectivity index is 2.96. The Labute approximate surface area is 109 Å². The standard InChI is InChI=1S/C16H33N/c1-3-5-7-8-9-10-11-12-14-16-17-15-13-6-4-2/h8-9,17H,3-7,10-16H2,1-2H3. The van der Waals surface area contributed by atoms with E-state index in [9.17, 15) is 0 Å². The molecule has 102 valence electrons. The van der Waals surface area contributed by atoms with Gasteiger partial charge in [-0.25, -0.2) is 0 Å². The van der Waals surface area contributed by atoms with E-state index in [0.717, 1.165) is 0 Å². The van der Waals surface area contributed by atoms with Crippen LogP contribution < -0.4 is 5.32 Å². The van der Waals surface area contributed by atoms with E-state index < -0.39 is 0 Å². The van der Waals surface area contributed by atoms with Crippen molar-refractivity contribution in [1.29, 1.82) is 0 Å². The van der Waals surface area contributed by atoms with E-state index in [1.165, 1.54) is 77.3 Å². The maximum Gasteiger partial charge on any atom is -0.00489 e. The molecule has 0 bridgehead atoms. The molecule has 0 aromatic carbocycles. The van der Waals surface area contributed by atoms with Crippen molar-refractivity contribution < 1.29 is 0 Å². The molecule has 0 spiro atoms. The molecule has 0 aromatic heterocycles. The lowest BCUT2D eigenvalue weighted by molar-refractivity contribution is 0.577. The van der Waals surface area contributed by atoms with Crippen LogP contribution >= 0.6 is 0 Å².